The average Bonchev–Trinajstić information content (AvgIpc) is 2.82. The fourth-order valence-corrected chi connectivity index (χ4v) is 3.63. The molecule has 0 heterocycles. The van der Waals surface area contributed by atoms with Crippen molar-refractivity contribution in [3.63, 3.8) is 0 Å². The van der Waals surface area contributed by atoms with E-state index in [1.54, 1.807) is 12.1 Å². The number of nitrogens with one attached hydrogen (secondary N) is 1. The topological polar surface area (TPSA) is 12.0 Å². The minimum atomic E-state index is -0.114. The van der Waals surface area contributed by atoms with E-state index < -0.39 is 0 Å². The van der Waals surface area contributed by atoms with Gasteiger partial charge in [-0.05, 0) is 53.6 Å². The van der Waals surface area contributed by atoms with Gasteiger partial charge < -0.3 is 5.32 Å². The molecule has 2 aromatic rings. The third kappa shape index (κ3) is 1.95. The number of benzene rings is 2. The van der Waals surface area contributed by atoms with Crippen LogP contribution in [-0.4, -0.2) is 6.54 Å². The minimum absolute atomic E-state index is 0.114. The van der Waals surface area contributed by atoms with Crippen molar-refractivity contribution in [1.82, 2.24) is 5.32 Å². The van der Waals surface area contributed by atoms with Crippen molar-refractivity contribution < 1.29 is 4.39 Å². The van der Waals surface area contributed by atoms with Gasteiger partial charge >= 0.3 is 0 Å². The highest BCUT2D eigenvalue weighted by Gasteiger charge is 2.28. The van der Waals surface area contributed by atoms with Crippen molar-refractivity contribution in [2.24, 2.45) is 0 Å². The Kier molecular flexibility index (Phi) is 2.85. The molecular formula is C18H18FN. The Hall–Kier alpha value is -1.67. The highest BCUT2D eigenvalue weighted by atomic mass is 19.1. The van der Waals surface area contributed by atoms with Gasteiger partial charge in [-0.1, -0.05) is 30.3 Å². The van der Waals surface area contributed by atoms with Crippen LogP contribution in [0.25, 0.3) is 0 Å². The van der Waals surface area contributed by atoms with Crippen molar-refractivity contribution in [3.05, 3.63) is 70.5 Å². The predicted molar refractivity (Wildman–Crippen MR) is 78.4 cm³/mol. The molecule has 102 valence electrons. The molecule has 2 aliphatic carbocycles. The zero-order valence-corrected chi connectivity index (χ0v) is 11.4. The maximum absolute atomic E-state index is 13.2. The van der Waals surface area contributed by atoms with E-state index in [0.717, 1.165) is 19.4 Å². The van der Waals surface area contributed by atoms with Gasteiger partial charge in [0.2, 0.25) is 0 Å². The lowest BCUT2D eigenvalue weighted by Gasteiger charge is -2.31. The monoisotopic (exact) mass is 267 g/mol. The molecule has 20 heavy (non-hydrogen) atoms. The Morgan fingerprint density at radius 3 is 2.85 bits per heavy atom. The Labute approximate surface area is 118 Å². The first kappa shape index (κ1) is 12.1. The van der Waals surface area contributed by atoms with Crippen LogP contribution in [0.2, 0.25) is 0 Å². The number of hydrogen-bond donors (Lipinski definition) is 1. The minimum Gasteiger partial charge on any atom is -0.309 e. The third-order valence-corrected chi connectivity index (χ3v) is 4.75. The number of halogens is 1. The van der Waals surface area contributed by atoms with Gasteiger partial charge in [0, 0.05) is 18.5 Å². The molecule has 2 heteroatoms. The van der Waals surface area contributed by atoms with Crippen molar-refractivity contribution in [3.8, 4) is 0 Å². The fourth-order valence-electron chi connectivity index (χ4n) is 3.63. The van der Waals surface area contributed by atoms with E-state index in [2.05, 4.69) is 29.6 Å². The summed E-state index contributed by atoms with van der Waals surface area (Å²) in [4.78, 5) is 0. The zero-order chi connectivity index (χ0) is 13.5. The van der Waals surface area contributed by atoms with Crippen LogP contribution >= 0.6 is 0 Å². The first-order valence-corrected chi connectivity index (χ1v) is 7.41. The molecule has 2 unspecified atom stereocenters. The van der Waals surface area contributed by atoms with Gasteiger partial charge in [-0.2, -0.15) is 0 Å². The standard InChI is InChI=1S/C18H18FN/c19-15-6-7-17-13(10-15)5-8-18(17)20-11-14-9-12-3-1-2-4-16(12)14/h1-4,6-7,10,14,18,20H,5,8-9,11H2. The molecule has 0 bridgehead atoms. The van der Waals surface area contributed by atoms with Crippen LogP contribution in [0.1, 0.15) is 40.6 Å². The molecule has 0 spiro atoms. The van der Waals surface area contributed by atoms with E-state index in [1.807, 2.05) is 6.07 Å². The van der Waals surface area contributed by atoms with Crippen LogP contribution in [-0.2, 0) is 12.8 Å². The second-order valence-electron chi connectivity index (χ2n) is 5.94. The van der Waals surface area contributed by atoms with Crippen LogP contribution in [0.5, 0.6) is 0 Å². The summed E-state index contributed by atoms with van der Waals surface area (Å²) in [6.45, 7) is 1.03. The summed E-state index contributed by atoms with van der Waals surface area (Å²) in [6.07, 6.45) is 3.27. The van der Waals surface area contributed by atoms with E-state index in [9.17, 15) is 4.39 Å². The van der Waals surface area contributed by atoms with Crippen LogP contribution in [0.15, 0.2) is 42.5 Å². The maximum atomic E-state index is 13.2. The molecule has 0 fully saturated rings. The van der Waals surface area contributed by atoms with Crippen LogP contribution in [0, 0.1) is 5.82 Å². The van der Waals surface area contributed by atoms with E-state index in [-0.39, 0.29) is 5.82 Å². The first-order valence-electron chi connectivity index (χ1n) is 7.41. The van der Waals surface area contributed by atoms with Gasteiger partial charge in [0.05, 0.1) is 0 Å². The molecule has 0 radical (unpaired) electrons. The van der Waals surface area contributed by atoms with Gasteiger partial charge in [0.1, 0.15) is 5.82 Å². The molecule has 0 aliphatic heterocycles. The Balaban J connectivity index is 1.43. The highest BCUT2D eigenvalue weighted by Crippen LogP contribution is 2.36. The van der Waals surface area contributed by atoms with Gasteiger partial charge in [-0.25, -0.2) is 4.39 Å². The smallest absolute Gasteiger partial charge is 0.123 e. The van der Waals surface area contributed by atoms with Gasteiger partial charge in [-0.15, -0.1) is 0 Å². The molecule has 2 aliphatic rings. The van der Waals surface area contributed by atoms with Crippen molar-refractivity contribution in [2.75, 3.05) is 6.54 Å². The summed E-state index contributed by atoms with van der Waals surface area (Å²) in [6, 6.07) is 14.3. The number of aryl methyl sites for hydroxylation is 1. The molecule has 2 atom stereocenters. The summed E-state index contributed by atoms with van der Waals surface area (Å²) in [5.74, 6) is 0.535. The maximum Gasteiger partial charge on any atom is 0.123 e. The second-order valence-corrected chi connectivity index (χ2v) is 5.94. The molecular weight excluding hydrogens is 249 g/mol. The molecule has 1 N–H and O–H groups in total. The second kappa shape index (κ2) is 4.71. The van der Waals surface area contributed by atoms with Crippen LogP contribution in [0.3, 0.4) is 0 Å². The van der Waals surface area contributed by atoms with E-state index in [4.69, 9.17) is 0 Å². The van der Waals surface area contributed by atoms with Crippen LogP contribution < -0.4 is 5.32 Å². The molecule has 2 aromatic carbocycles. The lowest BCUT2D eigenvalue weighted by atomic mass is 9.77. The first-order chi connectivity index (χ1) is 9.81. The largest absolute Gasteiger partial charge is 0.309 e. The number of rotatable bonds is 3. The van der Waals surface area contributed by atoms with E-state index in [1.165, 1.54) is 28.7 Å². The molecule has 1 nitrogen and oxygen atoms in total. The lowest BCUT2D eigenvalue weighted by molar-refractivity contribution is 0.467. The molecule has 4 rings (SSSR count). The third-order valence-electron chi connectivity index (χ3n) is 4.75. The van der Waals surface area contributed by atoms with Crippen molar-refractivity contribution in [1.29, 1.82) is 0 Å². The van der Waals surface area contributed by atoms with Gasteiger partial charge in [-0.3, -0.25) is 0 Å². The van der Waals surface area contributed by atoms with E-state index in [0.29, 0.717) is 12.0 Å². The average molecular weight is 267 g/mol. The lowest BCUT2D eigenvalue weighted by Crippen LogP contribution is -2.31. The molecule has 0 saturated heterocycles. The van der Waals surface area contributed by atoms with Crippen molar-refractivity contribution in [2.45, 2.75) is 31.2 Å². The Bertz CT molecular complexity index is 650. The summed E-state index contributed by atoms with van der Waals surface area (Å²) in [5, 5.41) is 3.68. The zero-order valence-electron chi connectivity index (χ0n) is 11.4. The molecule has 0 saturated carbocycles. The van der Waals surface area contributed by atoms with Gasteiger partial charge in [0.25, 0.3) is 0 Å². The quantitative estimate of drug-likeness (QED) is 0.893. The summed E-state index contributed by atoms with van der Waals surface area (Å²) in [7, 11) is 0. The fraction of sp³-hybridized carbons (Fsp3) is 0.333. The van der Waals surface area contributed by atoms with Crippen LogP contribution in [0.4, 0.5) is 4.39 Å². The molecule has 0 aromatic heterocycles. The highest BCUT2D eigenvalue weighted by molar-refractivity contribution is 5.40. The van der Waals surface area contributed by atoms with E-state index >= 15 is 0 Å². The summed E-state index contributed by atoms with van der Waals surface area (Å²) < 4.78 is 13.2. The SMILES string of the molecule is Fc1ccc2c(c1)CCC2NCC1Cc2ccccc21. The normalized spacial score (nSPS) is 23.1. The predicted octanol–water partition coefficient (Wildman–Crippen LogP) is 3.74. The number of fused-ring (bicyclic) bond motifs is 2. The Morgan fingerprint density at radius 1 is 1.05 bits per heavy atom. The number of hydrogen-bond acceptors (Lipinski definition) is 1. The Morgan fingerprint density at radius 2 is 1.95 bits per heavy atom. The van der Waals surface area contributed by atoms with Gasteiger partial charge in [0.15, 0.2) is 0 Å². The molecule has 0 amide bonds. The summed E-state index contributed by atoms with van der Waals surface area (Å²) in [5.41, 5.74) is 5.46. The van der Waals surface area contributed by atoms with Crippen molar-refractivity contribution >= 4 is 0 Å². The summed E-state index contributed by atoms with van der Waals surface area (Å²) >= 11 is 0.